The van der Waals surface area contributed by atoms with Crippen LogP contribution in [0.4, 0.5) is 0 Å². The minimum absolute atomic E-state index is 0.0184. The maximum Gasteiger partial charge on any atom is 0.243 e. The lowest BCUT2D eigenvalue weighted by molar-refractivity contribution is 0.436. The highest BCUT2D eigenvalue weighted by molar-refractivity contribution is 7.10. The number of fused-ring (bicyclic) bond motifs is 1. The van der Waals surface area contributed by atoms with Crippen molar-refractivity contribution in [1.82, 2.24) is 10.2 Å². The molecular weight excluding hydrogens is 284 g/mol. The first-order valence-electron chi connectivity index (χ1n) is 6.94. The average molecular weight is 300 g/mol. The highest BCUT2D eigenvalue weighted by Gasteiger charge is 2.41. The van der Waals surface area contributed by atoms with Gasteiger partial charge in [-0.1, -0.05) is 13.3 Å². The number of rotatable bonds is 3. The van der Waals surface area contributed by atoms with Crippen molar-refractivity contribution in [2.75, 3.05) is 0 Å². The van der Waals surface area contributed by atoms with Crippen molar-refractivity contribution in [3.8, 4) is 11.9 Å². The Morgan fingerprint density at radius 1 is 1.57 bits per heavy atom. The van der Waals surface area contributed by atoms with E-state index in [0.29, 0.717) is 5.88 Å². The lowest BCUT2D eigenvalue weighted by atomic mass is 9.79. The molecule has 3 rings (SSSR count). The van der Waals surface area contributed by atoms with Crippen molar-refractivity contribution in [3.63, 3.8) is 0 Å². The smallest absolute Gasteiger partial charge is 0.243 e. The van der Waals surface area contributed by atoms with E-state index in [-0.39, 0.29) is 11.8 Å². The topological polar surface area (TPSA) is 85.5 Å². The molecule has 2 N–H and O–H groups in total. The summed E-state index contributed by atoms with van der Waals surface area (Å²) in [5, 5.41) is 26.7. The van der Waals surface area contributed by atoms with E-state index in [0.717, 1.165) is 29.7 Å². The molecule has 0 fully saturated rings. The number of aromatic amines is 1. The Labute approximate surface area is 127 Å². The summed E-state index contributed by atoms with van der Waals surface area (Å²) in [5.41, 5.74) is 3.05. The SMILES string of the molecule is CCCc1[nH]nc2c1C(c1ccsc1C)C(C#N)C(=N)O2. The summed E-state index contributed by atoms with van der Waals surface area (Å²) < 4.78 is 5.45. The van der Waals surface area contributed by atoms with Crippen molar-refractivity contribution in [1.29, 1.82) is 10.7 Å². The first-order chi connectivity index (χ1) is 10.2. The molecule has 2 aromatic rings. The molecule has 0 saturated carbocycles. The minimum atomic E-state index is -0.598. The predicted molar refractivity (Wildman–Crippen MR) is 80.9 cm³/mol. The zero-order valence-corrected chi connectivity index (χ0v) is 12.8. The van der Waals surface area contributed by atoms with Gasteiger partial charge in [0.15, 0.2) is 0 Å². The van der Waals surface area contributed by atoms with Gasteiger partial charge in [0, 0.05) is 22.1 Å². The van der Waals surface area contributed by atoms with Gasteiger partial charge in [-0.25, -0.2) is 0 Å². The van der Waals surface area contributed by atoms with E-state index in [4.69, 9.17) is 10.1 Å². The molecule has 108 valence electrons. The fourth-order valence-electron chi connectivity index (χ4n) is 2.88. The quantitative estimate of drug-likeness (QED) is 0.911. The summed E-state index contributed by atoms with van der Waals surface area (Å²) in [6, 6.07) is 4.27. The molecule has 0 aromatic carbocycles. The van der Waals surface area contributed by atoms with Crippen molar-refractivity contribution in [2.45, 2.75) is 32.6 Å². The zero-order chi connectivity index (χ0) is 15.0. The van der Waals surface area contributed by atoms with E-state index in [1.54, 1.807) is 11.3 Å². The third-order valence-corrected chi connectivity index (χ3v) is 4.72. The van der Waals surface area contributed by atoms with Crippen LogP contribution < -0.4 is 4.74 Å². The molecule has 0 spiro atoms. The largest absolute Gasteiger partial charge is 0.422 e. The van der Waals surface area contributed by atoms with Gasteiger partial charge in [0.25, 0.3) is 0 Å². The second kappa shape index (κ2) is 5.34. The Balaban J connectivity index is 2.19. The van der Waals surface area contributed by atoms with Gasteiger partial charge < -0.3 is 4.74 Å². The third-order valence-electron chi connectivity index (χ3n) is 3.85. The van der Waals surface area contributed by atoms with Crippen LogP contribution >= 0.6 is 11.3 Å². The van der Waals surface area contributed by atoms with Crippen LogP contribution in [-0.4, -0.2) is 16.1 Å². The van der Waals surface area contributed by atoms with E-state index in [1.165, 1.54) is 4.88 Å². The summed E-state index contributed by atoms with van der Waals surface area (Å²) in [7, 11) is 0. The van der Waals surface area contributed by atoms with E-state index in [2.05, 4.69) is 23.2 Å². The maximum atomic E-state index is 9.51. The van der Waals surface area contributed by atoms with Crippen molar-refractivity contribution in [2.24, 2.45) is 5.92 Å². The van der Waals surface area contributed by atoms with Gasteiger partial charge in [0.2, 0.25) is 11.8 Å². The van der Waals surface area contributed by atoms with Crippen molar-refractivity contribution >= 4 is 17.2 Å². The second-order valence-corrected chi connectivity index (χ2v) is 6.27. The lowest BCUT2D eigenvalue weighted by Gasteiger charge is -2.28. The Kier molecular flexibility index (Phi) is 3.52. The molecule has 5 nitrogen and oxygen atoms in total. The molecule has 3 heterocycles. The number of aryl methyl sites for hydroxylation is 2. The van der Waals surface area contributed by atoms with Crippen LogP contribution in [0.25, 0.3) is 0 Å². The Hall–Kier alpha value is -2.13. The molecule has 1 aliphatic rings. The molecule has 21 heavy (non-hydrogen) atoms. The van der Waals surface area contributed by atoms with Crippen LogP contribution in [0.15, 0.2) is 11.4 Å². The van der Waals surface area contributed by atoms with Crippen molar-refractivity contribution < 1.29 is 4.74 Å². The lowest BCUT2D eigenvalue weighted by Crippen LogP contribution is -2.31. The number of hydrogen-bond donors (Lipinski definition) is 2. The third kappa shape index (κ3) is 2.14. The van der Waals surface area contributed by atoms with Gasteiger partial charge in [0.05, 0.1) is 6.07 Å². The number of ether oxygens (including phenoxy) is 1. The summed E-state index contributed by atoms with van der Waals surface area (Å²) in [6.07, 6.45) is 1.84. The van der Waals surface area contributed by atoms with Crippen LogP contribution in [0.5, 0.6) is 5.88 Å². The summed E-state index contributed by atoms with van der Waals surface area (Å²) in [6.45, 7) is 4.15. The van der Waals surface area contributed by atoms with E-state index in [1.807, 2.05) is 18.4 Å². The molecular formula is C15H16N4OS. The standard InChI is InChI=1S/C15H16N4OS/c1-3-4-11-13-12(9-5-6-21-8(9)2)10(7-16)14(17)20-15(13)19-18-11/h5-6,10,12,17H,3-4H2,1-2H3,(H,18,19). The van der Waals surface area contributed by atoms with Gasteiger partial charge in [-0.3, -0.25) is 10.5 Å². The number of nitrogens with zero attached hydrogens (tertiary/aromatic N) is 2. The maximum absolute atomic E-state index is 9.51. The highest BCUT2D eigenvalue weighted by atomic mass is 32.1. The van der Waals surface area contributed by atoms with E-state index >= 15 is 0 Å². The normalized spacial score (nSPS) is 20.7. The predicted octanol–water partition coefficient (Wildman–Crippen LogP) is 3.37. The van der Waals surface area contributed by atoms with Crippen LogP contribution in [0.1, 0.15) is 41.0 Å². The molecule has 1 aliphatic heterocycles. The Bertz CT molecular complexity index is 724. The Morgan fingerprint density at radius 2 is 2.38 bits per heavy atom. The summed E-state index contributed by atoms with van der Waals surface area (Å²) in [5.74, 6) is -0.336. The molecule has 0 bridgehead atoms. The van der Waals surface area contributed by atoms with Gasteiger partial charge >= 0.3 is 0 Å². The number of aromatic nitrogens is 2. The number of nitrogens with one attached hydrogen (secondary N) is 2. The monoisotopic (exact) mass is 300 g/mol. The van der Waals surface area contributed by atoms with Gasteiger partial charge in [0.1, 0.15) is 5.92 Å². The van der Waals surface area contributed by atoms with Gasteiger partial charge in [-0.2, -0.15) is 5.26 Å². The van der Waals surface area contributed by atoms with Crippen LogP contribution in [0.3, 0.4) is 0 Å². The zero-order valence-electron chi connectivity index (χ0n) is 11.9. The fraction of sp³-hybridized carbons (Fsp3) is 0.400. The Morgan fingerprint density at radius 3 is 3.00 bits per heavy atom. The van der Waals surface area contributed by atoms with E-state index in [9.17, 15) is 5.26 Å². The molecule has 0 aliphatic carbocycles. The van der Waals surface area contributed by atoms with Crippen LogP contribution in [0.2, 0.25) is 0 Å². The molecule has 2 atom stereocenters. The van der Waals surface area contributed by atoms with Gasteiger partial charge in [-0.15, -0.1) is 16.4 Å². The minimum Gasteiger partial charge on any atom is -0.422 e. The van der Waals surface area contributed by atoms with Gasteiger partial charge in [-0.05, 0) is 30.4 Å². The average Bonchev–Trinajstić information content (AvgIpc) is 3.05. The molecule has 6 heteroatoms. The molecule has 2 aromatic heterocycles. The second-order valence-electron chi connectivity index (χ2n) is 5.15. The summed E-state index contributed by atoms with van der Waals surface area (Å²) >= 11 is 1.66. The fourth-order valence-corrected chi connectivity index (χ4v) is 3.63. The van der Waals surface area contributed by atoms with Crippen LogP contribution in [0, 0.1) is 29.6 Å². The molecule has 2 unspecified atom stereocenters. The van der Waals surface area contributed by atoms with Crippen molar-refractivity contribution in [3.05, 3.63) is 33.1 Å². The molecule has 0 amide bonds. The number of nitriles is 1. The highest BCUT2D eigenvalue weighted by Crippen LogP contribution is 2.44. The molecule has 0 saturated heterocycles. The van der Waals surface area contributed by atoms with Crippen LogP contribution in [-0.2, 0) is 6.42 Å². The first-order valence-corrected chi connectivity index (χ1v) is 7.82. The molecule has 0 radical (unpaired) electrons. The summed E-state index contributed by atoms with van der Waals surface area (Å²) in [4.78, 5) is 1.17. The number of H-pyrrole nitrogens is 1. The van der Waals surface area contributed by atoms with E-state index < -0.39 is 5.92 Å². The first kappa shape index (κ1) is 13.8. The number of hydrogen-bond acceptors (Lipinski definition) is 5. The number of thiophene rings is 1.